The molecule has 1 N–H and O–H groups in total. The molecular formula is C20H26N4O. The molecule has 1 aromatic carbocycles. The molecule has 1 aliphatic carbocycles. The van der Waals surface area contributed by atoms with Crippen LogP contribution in [-0.2, 0) is 0 Å². The first-order valence-electron chi connectivity index (χ1n) is 9.14. The van der Waals surface area contributed by atoms with E-state index in [1.54, 1.807) is 17.3 Å². The molecule has 132 valence electrons. The van der Waals surface area contributed by atoms with E-state index in [2.05, 4.69) is 15.3 Å². The molecule has 0 radical (unpaired) electrons. The second-order valence-corrected chi connectivity index (χ2v) is 6.65. The van der Waals surface area contributed by atoms with Gasteiger partial charge in [0.05, 0.1) is 12.4 Å². The molecule has 0 saturated heterocycles. The highest BCUT2D eigenvalue weighted by molar-refractivity contribution is 6.04. The normalized spacial score (nSPS) is 15.0. The molecule has 1 amide bonds. The largest absolute Gasteiger partial charge is 0.366 e. The summed E-state index contributed by atoms with van der Waals surface area (Å²) < 4.78 is 0. The van der Waals surface area contributed by atoms with Gasteiger partial charge in [0, 0.05) is 18.3 Å². The summed E-state index contributed by atoms with van der Waals surface area (Å²) in [5, 5.41) is 3.43. The van der Waals surface area contributed by atoms with Crippen LogP contribution in [0, 0.1) is 6.92 Å². The van der Waals surface area contributed by atoms with E-state index in [0.29, 0.717) is 18.3 Å². The molecule has 1 aromatic heterocycles. The third-order valence-electron chi connectivity index (χ3n) is 4.70. The van der Waals surface area contributed by atoms with Crippen LogP contribution in [0.4, 0.5) is 11.5 Å². The van der Waals surface area contributed by atoms with Crippen molar-refractivity contribution in [2.45, 2.75) is 52.0 Å². The molecule has 5 heteroatoms. The highest BCUT2D eigenvalue weighted by Crippen LogP contribution is 2.21. The van der Waals surface area contributed by atoms with E-state index in [9.17, 15) is 4.79 Å². The maximum atomic E-state index is 12.8. The molecule has 0 atom stereocenters. The Morgan fingerprint density at radius 3 is 2.64 bits per heavy atom. The van der Waals surface area contributed by atoms with Crippen LogP contribution in [0.15, 0.2) is 36.7 Å². The number of nitrogens with one attached hydrogen (secondary N) is 1. The lowest BCUT2D eigenvalue weighted by Gasteiger charge is -2.23. The average Bonchev–Trinajstić information content (AvgIpc) is 2.64. The Labute approximate surface area is 149 Å². The van der Waals surface area contributed by atoms with Crippen LogP contribution in [0.2, 0.25) is 0 Å². The van der Waals surface area contributed by atoms with Gasteiger partial charge in [-0.3, -0.25) is 4.79 Å². The summed E-state index contributed by atoms with van der Waals surface area (Å²) in [7, 11) is 0. The van der Waals surface area contributed by atoms with Crippen LogP contribution in [0.5, 0.6) is 0 Å². The number of benzene rings is 1. The zero-order valence-corrected chi connectivity index (χ0v) is 15.0. The molecule has 2 aromatic rings. The van der Waals surface area contributed by atoms with Crippen LogP contribution in [-0.4, -0.2) is 28.5 Å². The fraction of sp³-hybridized carbons (Fsp3) is 0.450. The van der Waals surface area contributed by atoms with Crippen LogP contribution in [0.3, 0.4) is 0 Å². The van der Waals surface area contributed by atoms with Crippen molar-refractivity contribution in [2.24, 2.45) is 0 Å². The van der Waals surface area contributed by atoms with Crippen molar-refractivity contribution in [3.8, 4) is 0 Å². The number of nitrogens with zero attached hydrogens (tertiary/aromatic N) is 3. The van der Waals surface area contributed by atoms with E-state index in [1.165, 1.54) is 32.1 Å². The van der Waals surface area contributed by atoms with E-state index in [0.717, 1.165) is 17.1 Å². The number of carbonyl (C=O) groups excluding carboxylic acids is 1. The predicted octanol–water partition coefficient (Wildman–Crippen LogP) is 4.20. The summed E-state index contributed by atoms with van der Waals surface area (Å²) in [4.78, 5) is 23.3. The second kappa shape index (κ2) is 8.10. The third-order valence-corrected chi connectivity index (χ3v) is 4.70. The van der Waals surface area contributed by atoms with E-state index in [1.807, 2.05) is 38.1 Å². The van der Waals surface area contributed by atoms with Gasteiger partial charge in [0.1, 0.15) is 11.5 Å². The molecule has 1 heterocycles. The maximum absolute atomic E-state index is 12.8. The minimum absolute atomic E-state index is 0.121. The van der Waals surface area contributed by atoms with Crippen LogP contribution >= 0.6 is 0 Å². The highest BCUT2D eigenvalue weighted by Gasteiger charge is 2.19. The number of rotatable bonds is 5. The molecule has 25 heavy (non-hydrogen) atoms. The third kappa shape index (κ3) is 4.35. The molecular weight excluding hydrogens is 312 g/mol. The summed E-state index contributed by atoms with van der Waals surface area (Å²) >= 11 is 0. The fourth-order valence-corrected chi connectivity index (χ4v) is 3.35. The zero-order valence-electron chi connectivity index (χ0n) is 15.0. The number of hydrogen-bond acceptors (Lipinski definition) is 4. The molecule has 0 spiro atoms. The first kappa shape index (κ1) is 17.4. The van der Waals surface area contributed by atoms with Crippen molar-refractivity contribution < 1.29 is 4.79 Å². The molecule has 0 unspecified atom stereocenters. The lowest BCUT2D eigenvalue weighted by molar-refractivity contribution is 0.0983. The lowest BCUT2D eigenvalue weighted by atomic mass is 9.96. The molecule has 1 aliphatic rings. The Morgan fingerprint density at radius 2 is 2.00 bits per heavy atom. The monoisotopic (exact) mass is 338 g/mol. The molecule has 0 bridgehead atoms. The summed E-state index contributed by atoms with van der Waals surface area (Å²) in [6.07, 6.45) is 9.47. The Hall–Kier alpha value is -2.43. The van der Waals surface area contributed by atoms with Crippen molar-refractivity contribution in [3.05, 3.63) is 47.9 Å². The second-order valence-electron chi connectivity index (χ2n) is 6.65. The van der Waals surface area contributed by atoms with Crippen molar-refractivity contribution in [2.75, 3.05) is 16.8 Å². The molecule has 3 rings (SSSR count). The topological polar surface area (TPSA) is 58.1 Å². The Bertz CT molecular complexity index is 708. The first-order chi connectivity index (χ1) is 12.2. The minimum atomic E-state index is -0.121. The van der Waals surface area contributed by atoms with Gasteiger partial charge in [0.25, 0.3) is 5.91 Å². The molecule has 5 nitrogen and oxygen atoms in total. The molecule has 1 saturated carbocycles. The van der Waals surface area contributed by atoms with E-state index in [-0.39, 0.29) is 5.91 Å². The van der Waals surface area contributed by atoms with Crippen LogP contribution < -0.4 is 10.2 Å². The average molecular weight is 338 g/mol. The number of carbonyl (C=O) groups is 1. The van der Waals surface area contributed by atoms with Gasteiger partial charge in [0.15, 0.2) is 0 Å². The summed E-state index contributed by atoms with van der Waals surface area (Å²) in [5.74, 6) is 0.631. The van der Waals surface area contributed by atoms with Gasteiger partial charge in [-0.25, -0.2) is 9.97 Å². The maximum Gasteiger partial charge on any atom is 0.278 e. The van der Waals surface area contributed by atoms with E-state index < -0.39 is 0 Å². The standard InChI is InChI=1S/C20H26N4O/c1-3-24(17-11-7-8-15(2)12-17)20(25)18-13-22-19(14-21-18)23-16-9-5-4-6-10-16/h7-8,11-14,16H,3-6,9-10H2,1-2H3,(H,22,23). The van der Waals surface area contributed by atoms with Gasteiger partial charge in [-0.2, -0.15) is 0 Å². The zero-order chi connectivity index (χ0) is 17.6. The lowest BCUT2D eigenvalue weighted by Crippen LogP contribution is -2.31. The van der Waals surface area contributed by atoms with Crippen molar-refractivity contribution in [3.63, 3.8) is 0 Å². The van der Waals surface area contributed by atoms with Gasteiger partial charge < -0.3 is 10.2 Å². The number of amides is 1. The molecule has 1 fully saturated rings. The summed E-state index contributed by atoms with van der Waals surface area (Å²) in [5.41, 5.74) is 2.39. The Morgan fingerprint density at radius 1 is 1.20 bits per heavy atom. The Balaban J connectivity index is 1.70. The van der Waals surface area contributed by atoms with Crippen LogP contribution in [0.1, 0.15) is 55.1 Å². The SMILES string of the molecule is CCN(C(=O)c1cnc(NC2CCCCC2)cn1)c1cccc(C)c1. The number of aryl methyl sites for hydroxylation is 1. The van der Waals surface area contributed by atoms with Crippen LogP contribution in [0.25, 0.3) is 0 Å². The van der Waals surface area contributed by atoms with Gasteiger partial charge in [-0.1, -0.05) is 31.4 Å². The minimum Gasteiger partial charge on any atom is -0.366 e. The predicted molar refractivity (Wildman–Crippen MR) is 101 cm³/mol. The molecule has 0 aliphatic heterocycles. The quantitative estimate of drug-likeness (QED) is 0.888. The van der Waals surface area contributed by atoms with Gasteiger partial charge >= 0.3 is 0 Å². The van der Waals surface area contributed by atoms with Crippen molar-refractivity contribution in [1.29, 1.82) is 0 Å². The van der Waals surface area contributed by atoms with Gasteiger partial charge in [-0.05, 0) is 44.4 Å². The van der Waals surface area contributed by atoms with E-state index in [4.69, 9.17) is 0 Å². The Kier molecular flexibility index (Phi) is 5.64. The number of hydrogen-bond donors (Lipinski definition) is 1. The van der Waals surface area contributed by atoms with E-state index >= 15 is 0 Å². The number of aromatic nitrogens is 2. The summed E-state index contributed by atoms with van der Waals surface area (Å²) in [6.45, 7) is 4.58. The number of anilines is 2. The summed E-state index contributed by atoms with van der Waals surface area (Å²) in [6, 6.07) is 8.41. The van der Waals surface area contributed by atoms with Gasteiger partial charge in [-0.15, -0.1) is 0 Å². The smallest absolute Gasteiger partial charge is 0.278 e. The van der Waals surface area contributed by atoms with Crippen molar-refractivity contribution >= 4 is 17.4 Å². The van der Waals surface area contributed by atoms with Crippen molar-refractivity contribution in [1.82, 2.24) is 9.97 Å². The first-order valence-corrected chi connectivity index (χ1v) is 9.14. The highest BCUT2D eigenvalue weighted by atomic mass is 16.2. The van der Waals surface area contributed by atoms with Gasteiger partial charge in [0.2, 0.25) is 0 Å². The fourth-order valence-electron chi connectivity index (χ4n) is 3.35.